The van der Waals surface area contributed by atoms with Crippen molar-refractivity contribution in [2.75, 3.05) is 43.9 Å². The highest BCUT2D eigenvalue weighted by molar-refractivity contribution is 6.36. The Morgan fingerprint density at radius 3 is 2.31 bits per heavy atom. The van der Waals surface area contributed by atoms with Crippen molar-refractivity contribution in [3.8, 4) is 11.1 Å². The molecule has 1 saturated carbocycles. The third-order valence-electron chi connectivity index (χ3n) is 11.6. The van der Waals surface area contributed by atoms with Gasteiger partial charge in [-0.1, -0.05) is 35.9 Å². The van der Waals surface area contributed by atoms with E-state index < -0.39 is 0 Å². The molecule has 0 unspecified atom stereocenters. The zero-order valence-corrected chi connectivity index (χ0v) is 31.7. The Balaban J connectivity index is 1.05. The average molecular weight is 725 g/mol. The van der Waals surface area contributed by atoms with Crippen LogP contribution in [0.1, 0.15) is 81.7 Å². The van der Waals surface area contributed by atoms with Crippen LogP contribution in [-0.4, -0.2) is 80.7 Å². The fraction of sp³-hybridized carbons (Fsp3) is 0.475. The van der Waals surface area contributed by atoms with E-state index in [1.807, 2.05) is 66.6 Å². The number of aldehydes is 1. The number of halogens is 1. The summed E-state index contributed by atoms with van der Waals surface area (Å²) in [6.07, 6.45) is 8.27. The summed E-state index contributed by atoms with van der Waals surface area (Å²) in [6, 6.07) is 11.4. The van der Waals surface area contributed by atoms with E-state index in [0.29, 0.717) is 34.0 Å². The summed E-state index contributed by atoms with van der Waals surface area (Å²) in [6.45, 7) is 6.30. The fourth-order valence-electron chi connectivity index (χ4n) is 8.29. The number of carbonyl (C=O) groups excluding carboxylic acids is 3. The number of amides is 2. The van der Waals surface area contributed by atoms with Crippen molar-refractivity contribution < 1.29 is 14.4 Å². The van der Waals surface area contributed by atoms with Gasteiger partial charge >= 0.3 is 0 Å². The molecule has 2 aliphatic heterocycles. The Bertz CT molecular complexity index is 2010. The normalized spacial score (nSPS) is 19.2. The van der Waals surface area contributed by atoms with E-state index in [-0.39, 0.29) is 17.7 Å². The summed E-state index contributed by atoms with van der Waals surface area (Å²) in [4.78, 5) is 54.4. The van der Waals surface area contributed by atoms with Gasteiger partial charge in [-0.25, -0.2) is 9.97 Å². The van der Waals surface area contributed by atoms with E-state index in [9.17, 15) is 14.4 Å². The number of anilines is 2. The zero-order valence-electron chi connectivity index (χ0n) is 30.9. The van der Waals surface area contributed by atoms with Gasteiger partial charge in [-0.3, -0.25) is 14.5 Å². The first-order valence-electron chi connectivity index (χ1n) is 18.5. The summed E-state index contributed by atoms with van der Waals surface area (Å²) in [7, 11) is 7.61. The third-order valence-corrected chi connectivity index (χ3v) is 12.0. The third kappa shape index (κ3) is 6.93. The van der Waals surface area contributed by atoms with Crippen molar-refractivity contribution in [3.05, 3.63) is 81.4 Å². The van der Waals surface area contributed by atoms with Crippen molar-refractivity contribution >= 4 is 41.1 Å². The minimum atomic E-state index is -0.259. The number of fused-ring (bicyclic) bond motifs is 2. The van der Waals surface area contributed by atoms with Crippen molar-refractivity contribution in [1.82, 2.24) is 28.9 Å². The second-order valence-corrected chi connectivity index (χ2v) is 15.3. The molecule has 2 amide bonds. The summed E-state index contributed by atoms with van der Waals surface area (Å²) < 4.78 is 3.85. The number of rotatable bonds is 9. The highest BCUT2D eigenvalue weighted by atomic mass is 35.5. The van der Waals surface area contributed by atoms with Gasteiger partial charge in [0.25, 0.3) is 11.8 Å². The van der Waals surface area contributed by atoms with Gasteiger partial charge < -0.3 is 29.0 Å². The largest absolute Gasteiger partial charge is 0.327 e. The van der Waals surface area contributed by atoms with Crippen LogP contribution >= 0.6 is 11.6 Å². The first-order valence-corrected chi connectivity index (χ1v) is 18.8. The number of hydrogen-bond donors (Lipinski definition) is 1. The summed E-state index contributed by atoms with van der Waals surface area (Å²) in [5.74, 6) is 1.23. The zero-order chi connectivity index (χ0) is 36.7. The van der Waals surface area contributed by atoms with Crippen LogP contribution in [-0.2, 0) is 44.8 Å². The van der Waals surface area contributed by atoms with E-state index >= 15 is 0 Å². The number of hydrogen-bond acceptors (Lipinski definition) is 7. The van der Waals surface area contributed by atoms with Gasteiger partial charge in [0, 0.05) is 88.7 Å². The van der Waals surface area contributed by atoms with E-state index in [2.05, 4.69) is 22.2 Å². The summed E-state index contributed by atoms with van der Waals surface area (Å²) in [5, 5.41) is 3.56. The van der Waals surface area contributed by atoms with Gasteiger partial charge in [0.1, 0.15) is 6.29 Å². The molecule has 0 spiro atoms. The van der Waals surface area contributed by atoms with Gasteiger partial charge in [-0.2, -0.15) is 0 Å². The SMILES string of the molecule is Cc1c(NC(=O)c2nc3c(n2C)CCN(CC[C@H]2CC[C@H](C=O)CC2)C3)cccc1-c1cccc(N(C)C(=O)c2nc3c(n2C)CCN(C)C3)c1Cl. The lowest BCUT2D eigenvalue weighted by Crippen LogP contribution is -2.33. The number of benzene rings is 2. The molecule has 274 valence electrons. The lowest BCUT2D eigenvalue weighted by molar-refractivity contribution is -0.112. The number of aromatic nitrogens is 4. The number of likely N-dealkylation sites (N-methyl/N-ethyl adjacent to an activating group) is 1. The molecule has 2 aromatic carbocycles. The Morgan fingerprint density at radius 1 is 0.904 bits per heavy atom. The molecule has 4 aromatic rings. The molecule has 11 nitrogen and oxygen atoms in total. The smallest absolute Gasteiger partial charge is 0.294 e. The van der Waals surface area contributed by atoms with Crippen LogP contribution in [0, 0.1) is 18.8 Å². The first kappa shape index (κ1) is 36.1. The summed E-state index contributed by atoms with van der Waals surface area (Å²) >= 11 is 7.08. The van der Waals surface area contributed by atoms with Gasteiger partial charge in [-0.05, 0) is 81.8 Å². The quantitative estimate of drug-likeness (QED) is 0.210. The lowest BCUT2D eigenvalue weighted by atomic mass is 9.81. The fourth-order valence-corrected chi connectivity index (χ4v) is 8.65. The number of carbonyl (C=O) groups is 3. The highest BCUT2D eigenvalue weighted by Gasteiger charge is 2.29. The monoisotopic (exact) mass is 724 g/mol. The number of imidazole rings is 2. The molecule has 0 radical (unpaired) electrons. The second-order valence-electron chi connectivity index (χ2n) is 14.9. The predicted octanol–water partition coefficient (Wildman–Crippen LogP) is 6.05. The van der Waals surface area contributed by atoms with Gasteiger partial charge in [0.2, 0.25) is 0 Å². The van der Waals surface area contributed by atoms with Gasteiger partial charge in [-0.15, -0.1) is 0 Å². The maximum absolute atomic E-state index is 13.8. The van der Waals surface area contributed by atoms with E-state index in [4.69, 9.17) is 21.6 Å². The van der Waals surface area contributed by atoms with Crippen molar-refractivity contribution in [3.63, 3.8) is 0 Å². The van der Waals surface area contributed by atoms with Crippen molar-refractivity contribution in [1.29, 1.82) is 0 Å². The Kier molecular flexibility index (Phi) is 10.4. The van der Waals surface area contributed by atoms with Crippen LogP contribution in [0.3, 0.4) is 0 Å². The van der Waals surface area contributed by atoms with Crippen molar-refractivity contribution in [2.45, 2.75) is 65.0 Å². The van der Waals surface area contributed by atoms with Crippen LogP contribution in [0.5, 0.6) is 0 Å². The molecule has 4 heterocycles. The molecule has 0 bridgehead atoms. The Hall–Kier alpha value is -4.32. The van der Waals surface area contributed by atoms with Crippen LogP contribution < -0.4 is 10.2 Å². The number of nitrogens with one attached hydrogen (secondary N) is 1. The Morgan fingerprint density at radius 2 is 1.56 bits per heavy atom. The molecular weight excluding hydrogens is 676 g/mol. The molecule has 0 atom stereocenters. The molecule has 1 fully saturated rings. The molecular formula is C40H49ClN8O3. The van der Waals surface area contributed by atoms with E-state index in [1.54, 1.807) is 11.9 Å². The second kappa shape index (κ2) is 15.0. The molecule has 52 heavy (non-hydrogen) atoms. The maximum atomic E-state index is 13.8. The minimum absolute atomic E-state index is 0.227. The van der Waals surface area contributed by atoms with Gasteiger partial charge in [0.15, 0.2) is 11.6 Å². The van der Waals surface area contributed by atoms with Crippen LogP contribution in [0.4, 0.5) is 11.4 Å². The molecule has 1 aliphatic carbocycles. The number of nitrogens with zero attached hydrogens (tertiary/aromatic N) is 7. The molecule has 7 rings (SSSR count). The molecule has 1 N–H and O–H groups in total. The minimum Gasteiger partial charge on any atom is -0.327 e. The van der Waals surface area contributed by atoms with Crippen LogP contribution in [0.2, 0.25) is 5.02 Å². The van der Waals surface area contributed by atoms with Crippen molar-refractivity contribution in [2.24, 2.45) is 25.9 Å². The van der Waals surface area contributed by atoms with E-state index in [1.165, 1.54) is 0 Å². The lowest BCUT2D eigenvalue weighted by Gasteiger charge is -2.30. The first-order chi connectivity index (χ1) is 25.0. The maximum Gasteiger partial charge on any atom is 0.294 e. The van der Waals surface area contributed by atoms with Crippen LogP contribution in [0.15, 0.2) is 36.4 Å². The highest BCUT2D eigenvalue weighted by Crippen LogP contribution is 2.39. The Labute approximate surface area is 311 Å². The molecule has 3 aliphatic rings. The van der Waals surface area contributed by atoms with Crippen LogP contribution in [0.25, 0.3) is 11.1 Å². The topological polar surface area (TPSA) is 109 Å². The summed E-state index contributed by atoms with van der Waals surface area (Å²) in [5.41, 5.74) is 7.84. The van der Waals surface area contributed by atoms with E-state index in [0.717, 1.165) is 123 Å². The standard InChI is InChI=1S/C40H49ClN8O3/c1-25-28(29-9-7-11-35(36(29)41)48(5)40(52)38-43-31-22-45(2)19-17-33(31)47(38)4)8-6-10-30(25)44-39(51)37-42-32-23-49(21-18-34(32)46(37)3)20-16-26-12-14-27(24-50)15-13-26/h6-11,24,26-27H,12-23H2,1-5H3,(H,44,51)/t26-,27-. The molecule has 0 saturated heterocycles. The van der Waals surface area contributed by atoms with Gasteiger partial charge in [0.05, 0.1) is 22.1 Å². The molecule has 2 aromatic heterocycles. The average Bonchev–Trinajstić information content (AvgIpc) is 3.66. The molecule has 12 heteroatoms. The predicted molar refractivity (Wildman–Crippen MR) is 204 cm³/mol.